The average molecular weight is 308 g/mol. The van der Waals surface area contributed by atoms with Crippen LogP contribution in [0.2, 0.25) is 10.0 Å². The molecule has 0 spiro atoms. The molecule has 1 saturated carbocycles. The molecule has 3 nitrogen and oxygen atoms in total. The van der Waals surface area contributed by atoms with Crippen LogP contribution in [0.1, 0.15) is 31.5 Å². The van der Waals surface area contributed by atoms with E-state index in [9.17, 15) is 0 Å². The maximum absolute atomic E-state index is 6.28. The predicted molar refractivity (Wildman–Crippen MR) is 83.6 cm³/mol. The van der Waals surface area contributed by atoms with E-state index in [2.05, 4.69) is 15.3 Å². The van der Waals surface area contributed by atoms with Crippen molar-refractivity contribution >= 4 is 29.0 Å². The fourth-order valence-electron chi connectivity index (χ4n) is 2.10. The van der Waals surface area contributed by atoms with Gasteiger partial charge in [0.2, 0.25) is 0 Å². The Morgan fingerprint density at radius 2 is 2.00 bits per heavy atom. The van der Waals surface area contributed by atoms with Crippen molar-refractivity contribution in [2.24, 2.45) is 0 Å². The molecule has 0 saturated heterocycles. The molecule has 5 heteroatoms. The van der Waals surface area contributed by atoms with Gasteiger partial charge in [-0.25, -0.2) is 9.97 Å². The lowest BCUT2D eigenvalue weighted by atomic mass is 10.1. The molecule has 3 rings (SSSR count). The standard InChI is InChI=1S/C15H15Cl2N3/c1-2-18-14-8-13(19-15(20-14)9-3-4-9)11-6-5-10(16)7-12(11)17/h5-9H,2-4H2,1H3,(H,18,19,20). The van der Waals surface area contributed by atoms with Gasteiger partial charge in [0.15, 0.2) is 0 Å². The Bertz CT molecular complexity index is 639. The molecule has 1 aromatic carbocycles. The maximum Gasteiger partial charge on any atom is 0.134 e. The molecule has 0 atom stereocenters. The Labute approximate surface area is 128 Å². The first kappa shape index (κ1) is 13.7. The summed E-state index contributed by atoms with van der Waals surface area (Å²) in [6.07, 6.45) is 2.34. The zero-order valence-electron chi connectivity index (χ0n) is 11.2. The zero-order chi connectivity index (χ0) is 14.1. The quantitative estimate of drug-likeness (QED) is 0.885. The molecule has 0 radical (unpaired) electrons. The van der Waals surface area contributed by atoms with Crippen molar-refractivity contribution < 1.29 is 0 Å². The molecular formula is C15H15Cl2N3. The highest BCUT2D eigenvalue weighted by molar-refractivity contribution is 6.36. The number of anilines is 1. The van der Waals surface area contributed by atoms with E-state index in [1.165, 1.54) is 12.8 Å². The third-order valence-electron chi connectivity index (χ3n) is 3.25. The summed E-state index contributed by atoms with van der Waals surface area (Å²) in [6, 6.07) is 7.41. The summed E-state index contributed by atoms with van der Waals surface area (Å²) in [5.41, 5.74) is 1.74. The smallest absolute Gasteiger partial charge is 0.134 e. The van der Waals surface area contributed by atoms with Crippen molar-refractivity contribution in [3.05, 3.63) is 40.1 Å². The number of rotatable bonds is 4. The Morgan fingerprint density at radius 3 is 2.65 bits per heavy atom. The molecule has 1 N–H and O–H groups in total. The van der Waals surface area contributed by atoms with Crippen molar-refractivity contribution in [1.82, 2.24) is 9.97 Å². The van der Waals surface area contributed by atoms with E-state index in [0.29, 0.717) is 16.0 Å². The predicted octanol–water partition coefficient (Wildman–Crippen LogP) is 4.76. The monoisotopic (exact) mass is 307 g/mol. The SMILES string of the molecule is CCNc1cc(-c2ccc(Cl)cc2Cl)nc(C2CC2)n1. The molecule has 1 fully saturated rings. The molecule has 0 aliphatic heterocycles. The first-order chi connectivity index (χ1) is 9.67. The van der Waals surface area contributed by atoms with E-state index in [4.69, 9.17) is 23.2 Å². The van der Waals surface area contributed by atoms with Crippen LogP contribution in [-0.2, 0) is 0 Å². The number of benzene rings is 1. The summed E-state index contributed by atoms with van der Waals surface area (Å²) in [6.45, 7) is 2.88. The van der Waals surface area contributed by atoms with Gasteiger partial charge in [-0.15, -0.1) is 0 Å². The van der Waals surface area contributed by atoms with Gasteiger partial charge in [-0.2, -0.15) is 0 Å². The first-order valence-electron chi connectivity index (χ1n) is 6.75. The first-order valence-corrected chi connectivity index (χ1v) is 7.51. The number of hydrogen-bond acceptors (Lipinski definition) is 3. The minimum Gasteiger partial charge on any atom is -0.370 e. The number of hydrogen-bond donors (Lipinski definition) is 1. The summed E-state index contributed by atoms with van der Waals surface area (Å²) >= 11 is 12.2. The number of nitrogens with zero attached hydrogens (tertiary/aromatic N) is 2. The highest BCUT2D eigenvalue weighted by Gasteiger charge is 2.27. The van der Waals surface area contributed by atoms with E-state index >= 15 is 0 Å². The van der Waals surface area contributed by atoms with Crippen molar-refractivity contribution in [3.8, 4) is 11.3 Å². The van der Waals surface area contributed by atoms with Crippen LogP contribution in [0.25, 0.3) is 11.3 Å². The van der Waals surface area contributed by atoms with Crippen LogP contribution in [0.5, 0.6) is 0 Å². The topological polar surface area (TPSA) is 37.8 Å². The van der Waals surface area contributed by atoms with Gasteiger partial charge in [-0.1, -0.05) is 23.2 Å². The van der Waals surface area contributed by atoms with Crippen LogP contribution in [0.3, 0.4) is 0 Å². The van der Waals surface area contributed by atoms with Gasteiger partial charge >= 0.3 is 0 Å². The summed E-state index contributed by atoms with van der Waals surface area (Å²) in [5.74, 6) is 2.26. The van der Waals surface area contributed by atoms with Crippen LogP contribution in [0.4, 0.5) is 5.82 Å². The second kappa shape index (κ2) is 5.58. The Balaban J connectivity index is 2.06. The van der Waals surface area contributed by atoms with Gasteiger partial charge < -0.3 is 5.32 Å². The van der Waals surface area contributed by atoms with Gasteiger partial charge in [0, 0.05) is 29.1 Å². The van der Waals surface area contributed by atoms with E-state index < -0.39 is 0 Å². The molecule has 1 aliphatic rings. The minimum absolute atomic E-state index is 0.499. The van der Waals surface area contributed by atoms with Gasteiger partial charge in [0.05, 0.1) is 10.7 Å². The van der Waals surface area contributed by atoms with Crippen molar-refractivity contribution in [2.45, 2.75) is 25.7 Å². The number of nitrogens with one attached hydrogen (secondary N) is 1. The normalized spacial score (nSPS) is 14.3. The third-order valence-corrected chi connectivity index (χ3v) is 3.80. The van der Waals surface area contributed by atoms with Gasteiger partial charge in [0.1, 0.15) is 11.6 Å². The average Bonchev–Trinajstić information content (AvgIpc) is 3.23. The molecule has 2 aromatic rings. The number of halogens is 2. The highest BCUT2D eigenvalue weighted by atomic mass is 35.5. The summed E-state index contributed by atoms with van der Waals surface area (Å²) in [4.78, 5) is 9.23. The minimum atomic E-state index is 0.499. The van der Waals surface area contributed by atoms with Crippen LogP contribution in [0.15, 0.2) is 24.3 Å². The summed E-state index contributed by atoms with van der Waals surface area (Å²) < 4.78 is 0. The molecule has 0 unspecified atom stereocenters. The van der Waals surface area contributed by atoms with E-state index in [1.54, 1.807) is 6.07 Å². The molecule has 104 valence electrons. The fraction of sp³-hybridized carbons (Fsp3) is 0.333. The van der Waals surface area contributed by atoms with E-state index in [1.807, 2.05) is 25.1 Å². The number of aromatic nitrogens is 2. The van der Waals surface area contributed by atoms with Crippen molar-refractivity contribution in [1.29, 1.82) is 0 Å². The van der Waals surface area contributed by atoms with E-state index in [-0.39, 0.29) is 0 Å². The second-order valence-electron chi connectivity index (χ2n) is 4.93. The molecule has 0 amide bonds. The van der Waals surface area contributed by atoms with E-state index in [0.717, 1.165) is 29.4 Å². The molecule has 1 aliphatic carbocycles. The Morgan fingerprint density at radius 1 is 1.20 bits per heavy atom. The zero-order valence-corrected chi connectivity index (χ0v) is 12.7. The van der Waals surface area contributed by atoms with Crippen LogP contribution in [-0.4, -0.2) is 16.5 Å². The lowest BCUT2D eigenvalue weighted by molar-refractivity contribution is 0.927. The highest BCUT2D eigenvalue weighted by Crippen LogP contribution is 2.40. The Kier molecular flexibility index (Phi) is 3.81. The second-order valence-corrected chi connectivity index (χ2v) is 5.77. The summed E-state index contributed by atoms with van der Waals surface area (Å²) in [5, 5.41) is 4.49. The molecule has 1 heterocycles. The molecule has 0 bridgehead atoms. The van der Waals surface area contributed by atoms with Crippen LogP contribution >= 0.6 is 23.2 Å². The molecular weight excluding hydrogens is 293 g/mol. The third kappa shape index (κ3) is 2.89. The van der Waals surface area contributed by atoms with Gasteiger partial charge in [0.25, 0.3) is 0 Å². The fourth-order valence-corrected chi connectivity index (χ4v) is 2.60. The van der Waals surface area contributed by atoms with Crippen molar-refractivity contribution in [2.75, 3.05) is 11.9 Å². The largest absolute Gasteiger partial charge is 0.370 e. The van der Waals surface area contributed by atoms with Crippen molar-refractivity contribution in [3.63, 3.8) is 0 Å². The van der Waals surface area contributed by atoms with Gasteiger partial charge in [-0.3, -0.25) is 0 Å². The molecule has 1 aromatic heterocycles. The molecule has 20 heavy (non-hydrogen) atoms. The Hall–Kier alpha value is -1.32. The summed E-state index contributed by atoms with van der Waals surface area (Å²) in [7, 11) is 0. The maximum atomic E-state index is 6.28. The van der Waals surface area contributed by atoms with Crippen LogP contribution < -0.4 is 5.32 Å². The van der Waals surface area contributed by atoms with Crippen LogP contribution in [0, 0.1) is 0 Å². The lowest BCUT2D eigenvalue weighted by Gasteiger charge is -2.10. The van der Waals surface area contributed by atoms with Gasteiger partial charge in [-0.05, 0) is 38.0 Å². The lowest BCUT2D eigenvalue weighted by Crippen LogP contribution is -2.04.